The number of carbonyl (C=O) groups excluding carboxylic acids is 1. The van der Waals surface area contributed by atoms with Crippen molar-refractivity contribution in [3.8, 4) is 17.6 Å². The first-order valence-electron chi connectivity index (χ1n) is 5.83. The van der Waals surface area contributed by atoms with Crippen LogP contribution < -0.4 is 10.5 Å². The fraction of sp³-hybridized carbons (Fsp3) is 0.0667. The van der Waals surface area contributed by atoms with Crippen LogP contribution in [-0.2, 0) is 11.2 Å². The Balaban J connectivity index is 2.20. The summed E-state index contributed by atoms with van der Waals surface area (Å²) < 4.78 is 6.50. The topological polar surface area (TPSA) is 76.1 Å². The van der Waals surface area contributed by atoms with Gasteiger partial charge in [-0.1, -0.05) is 28.1 Å². The third kappa shape index (κ3) is 3.59. The molecular weight excluding hydrogens is 320 g/mol. The molecule has 2 aromatic carbocycles. The lowest BCUT2D eigenvalue weighted by atomic mass is 10.1. The second-order valence-corrected chi connectivity index (χ2v) is 5.06. The number of hydrogen-bond donors (Lipinski definition) is 1. The molecule has 1 amide bonds. The summed E-state index contributed by atoms with van der Waals surface area (Å²) in [4.78, 5) is 10.8. The molecule has 0 radical (unpaired) electrons. The number of hydrogen-bond acceptors (Lipinski definition) is 3. The van der Waals surface area contributed by atoms with Crippen molar-refractivity contribution in [2.75, 3.05) is 0 Å². The van der Waals surface area contributed by atoms with Gasteiger partial charge >= 0.3 is 0 Å². The van der Waals surface area contributed by atoms with Gasteiger partial charge in [0.15, 0.2) is 0 Å². The third-order valence-corrected chi connectivity index (χ3v) is 3.09. The SMILES string of the molecule is N#Cc1ccc(Br)cc1Oc1ccc(CC(N)=O)cc1. The Labute approximate surface area is 124 Å². The lowest BCUT2D eigenvalue weighted by Gasteiger charge is -2.08. The van der Waals surface area contributed by atoms with Gasteiger partial charge in [-0.05, 0) is 35.9 Å². The highest BCUT2D eigenvalue weighted by atomic mass is 79.9. The molecule has 0 aliphatic rings. The van der Waals surface area contributed by atoms with Crippen molar-refractivity contribution in [2.24, 2.45) is 5.73 Å². The molecule has 2 rings (SSSR count). The van der Waals surface area contributed by atoms with Crippen molar-refractivity contribution >= 4 is 21.8 Å². The van der Waals surface area contributed by atoms with E-state index in [4.69, 9.17) is 15.7 Å². The van der Waals surface area contributed by atoms with Crippen LogP contribution in [0.5, 0.6) is 11.5 Å². The van der Waals surface area contributed by atoms with E-state index in [1.807, 2.05) is 0 Å². The summed E-state index contributed by atoms with van der Waals surface area (Å²) in [7, 11) is 0. The Kier molecular flexibility index (Phi) is 4.38. The van der Waals surface area contributed by atoms with Gasteiger partial charge in [-0.15, -0.1) is 0 Å². The molecule has 5 heteroatoms. The van der Waals surface area contributed by atoms with E-state index in [0.717, 1.165) is 10.0 Å². The van der Waals surface area contributed by atoms with Gasteiger partial charge in [-0.3, -0.25) is 4.79 Å². The molecule has 0 unspecified atom stereocenters. The maximum Gasteiger partial charge on any atom is 0.221 e. The summed E-state index contributed by atoms with van der Waals surface area (Å²) in [6.45, 7) is 0. The van der Waals surface area contributed by atoms with Crippen molar-refractivity contribution in [2.45, 2.75) is 6.42 Å². The van der Waals surface area contributed by atoms with Crippen LogP contribution in [0, 0.1) is 11.3 Å². The maximum atomic E-state index is 10.8. The van der Waals surface area contributed by atoms with Crippen LogP contribution in [0.4, 0.5) is 0 Å². The minimum absolute atomic E-state index is 0.195. The summed E-state index contributed by atoms with van der Waals surface area (Å²) in [6, 6.07) is 14.3. The molecule has 0 aliphatic carbocycles. The molecule has 0 fully saturated rings. The number of amides is 1. The second-order valence-electron chi connectivity index (χ2n) is 4.14. The molecule has 0 bridgehead atoms. The zero-order chi connectivity index (χ0) is 14.5. The molecule has 2 aromatic rings. The van der Waals surface area contributed by atoms with Crippen LogP contribution in [-0.4, -0.2) is 5.91 Å². The van der Waals surface area contributed by atoms with Crippen LogP contribution in [0.2, 0.25) is 0 Å². The van der Waals surface area contributed by atoms with Crippen molar-refractivity contribution in [3.05, 3.63) is 58.1 Å². The predicted octanol–water partition coefficient (Wildman–Crippen LogP) is 3.14. The van der Waals surface area contributed by atoms with Gasteiger partial charge in [0.2, 0.25) is 5.91 Å². The Morgan fingerprint density at radius 1 is 1.25 bits per heavy atom. The van der Waals surface area contributed by atoms with E-state index in [-0.39, 0.29) is 12.3 Å². The number of rotatable bonds is 4. The van der Waals surface area contributed by atoms with E-state index < -0.39 is 0 Å². The molecule has 100 valence electrons. The first-order chi connectivity index (χ1) is 9.58. The fourth-order valence-corrected chi connectivity index (χ4v) is 2.02. The van der Waals surface area contributed by atoms with Crippen LogP contribution in [0.15, 0.2) is 46.9 Å². The molecule has 0 atom stereocenters. The maximum absolute atomic E-state index is 10.8. The standard InChI is InChI=1S/C15H11BrN2O2/c16-12-4-3-11(9-17)14(8-12)20-13-5-1-10(2-6-13)7-15(18)19/h1-6,8H,7H2,(H2,18,19). The van der Waals surface area contributed by atoms with Gasteiger partial charge in [-0.25, -0.2) is 0 Å². The summed E-state index contributed by atoms with van der Waals surface area (Å²) >= 11 is 3.34. The Morgan fingerprint density at radius 2 is 1.95 bits per heavy atom. The molecule has 2 N–H and O–H groups in total. The fourth-order valence-electron chi connectivity index (χ4n) is 1.68. The summed E-state index contributed by atoms with van der Waals surface area (Å²) in [5.41, 5.74) is 6.40. The van der Waals surface area contributed by atoms with Crippen LogP contribution >= 0.6 is 15.9 Å². The Hall–Kier alpha value is -2.32. The number of primary amides is 1. The molecule has 4 nitrogen and oxygen atoms in total. The highest BCUT2D eigenvalue weighted by Crippen LogP contribution is 2.28. The molecule has 0 heterocycles. The number of ether oxygens (including phenoxy) is 1. The van der Waals surface area contributed by atoms with Gasteiger partial charge in [-0.2, -0.15) is 5.26 Å². The minimum atomic E-state index is -0.377. The summed E-state index contributed by atoms with van der Waals surface area (Å²) in [6.07, 6.45) is 0.195. The molecule has 0 aliphatic heterocycles. The van der Waals surface area contributed by atoms with Crippen molar-refractivity contribution in [1.29, 1.82) is 5.26 Å². The van der Waals surface area contributed by atoms with E-state index in [1.165, 1.54) is 0 Å². The predicted molar refractivity (Wildman–Crippen MR) is 78.3 cm³/mol. The number of benzene rings is 2. The summed E-state index contributed by atoms with van der Waals surface area (Å²) in [5.74, 6) is 0.690. The zero-order valence-corrected chi connectivity index (χ0v) is 12.1. The van der Waals surface area contributed by atoms with Crippen molar-refractivity contribution in [1.82, 2.24) is 0 Å². The van der Waals surface area contributed by atoms with Gasteiger partial charge in [0.25, 0.3) is 0 Å². The van der Waals surface area contributed by atoms with E-state index in [1.54, 1.807) is 42.5 Å². The van der Waals surface area contributed by atoms with Crippen molar-refractivity contribution < 1.29 is 9.53 Å². The summed E-state index contributed by atoms with van der Waals surface area (Å²) in [5, 5.41) is 9.03. The molecular formula is C15H11BrN2O2. The highest BCUT2D eigenvalue weighted by Gasteiger charge is 2.06. The van der Waals surface area contributed by atoms with E-state index in [9.17, 15) is 4.79 Å². The molecule has 20 heavy (non-hydrogen) atoms. The number of nitrogens with zero attached hydrogens (tertiary/aromatic N) is 1. The monoisotopic (exact) mass is 330 g/mol. The average Bonchev–Trinajstić information content (AvgIpc) is 2.41. The van der Waals surface area contributed by atoms with Gasteiger partial charge in [0.1, 0.15) is 17.6 Å². The van der Waals surface area contributed by atoms with Gasteiger partial charge in [0, 0.05) is 4.47 Å². The third-order valence-electron chi connectivity index (χ3n) is 2.59. The van der Waals surface area contributed by atoms with Crippen LogP contribution in [0.25, 0.3) is 0 Å². The normalized spacial score (nSPS) is 9.80. The van der Waals surface area contributed by atoms with Gasteiger partial charge in [0.05, 0.1) is 12.0 Å². The number of nitriles is 1. The van der Waals surface area contributed by atoms with Gasteiger partial charge < -0.3 is 10.5 Å². The average molecular weight is 331 g/mol. The Bertz CT molecular complexity index is 675. The van der Waals surface area contributed by atoms with E-state index in [2.05, 4.69) is 22.0 Å². The first kappa shape index (κ1) is 14.1. The van der Waals surface area contributed by atoms with E-state index in [0.29, 0.717) is 17.1 Å². The van der Waals surface area contributed by atoms with Crippen molar-refractivity contribution in [3.63, 3.8) is 0 Å². The largest absolute Gasteiger partial charge is 0.456 e. The zero-order valence-electron chi connectivity index (χ0n) is 10.5. The molecule has 0 saturated carbocycles. The quantitative estimate of drug-likeness (QED) is 0.935. The minimum Gasteiger partial charge on any atom is -0.456 e. The molecule has 0 saturated heterocycles. The number of halogens is 1. The molecule has 0 aromatic heterocycles. The number of carbonyl (C=O) groups is 1. The van der Waals surface area contributed by atoms with E-state index >= 15 is 0 Å². The smallest absolute Gasteiger partial charge is 0.221 e. The lowest BCUT2D eigenvalue weighted by molar-refractivity contribution is -0.117. The molecule has 0 spiro atoms. The van der Waals surface area contributed by atoms with Crippen LogP contribution in [0.3, 0.4) is 0 Å². The van der Waals surface area contributed by atoms with Crippen LogP contribution in [0.1, 0.15) is 11.1 Å². The number of nitrogens with two attached hydrogens (primary N) is 1. The second kappa shape index (κ2) is 6.22. The lowest BCUT2D eigenvalue weighted by Crippen LogP contribution is -2.13. The Morgan fingerprint density at radius 3 is 2.55 bits per heavy atom. The first-order valence-corrected chi connectivity index (χ1v) is 6.62. The highest BCUT2D eigenvalue weighted by molar-refractivity contribution is 9.10.